The lowest BCUT2D eigenvalue weighted by Crippen LogP contribution is -2.22. The summed E-state index contributed by atoms with van der Waals surface area (Å²) in [5.41, 5.74) is 1.10. The number of carboxylic acid groups (broad SMARTS) is 1. The van der Waals surface area contributed by atoms with Gasteiger partial charge in [0.15, 0.2) is 0 Å². The molecule has 1 heterocycles. The molecule has 0 spiro atoms. The number of thiophene rings is 1. The Morgan fingerprint density at radius 2 is 2.10 bits per heavy atom. The molecule has 3 rings (SSSR count). The first-order valence-corrected chi connectivity index (χ1v) is 13.0. The number of carbonyl (C=O) groups excluding carboxylic acids is 1. The van der Waals surface area contributed by atoms with E-state index in [0.717, 1.165) is 28.9 Å². The third-order valence-electron chi connectivity index (χ3n) is 5.02. The van der Waals surface area contributed by atoms with Gasteiger partial charge in [-0.1, -0.05) is 30.4 Å². The van der Waals surface area contributed by atoms with Crippen LogP contribution in [0.25, 0.3) is 10.1 Å². The highest BCUT2D eigenvalue weighted by Gasteiger charge is 2.40. The van der Waals surface area contributed by atoms with E-state index in [1.807, 2.05) is 12.1 Å². The molecule has 1 unspecified atom stereocenters. The lowest BCUT2D eigenvalue weighted by atomic mass is 10.0. The Kier molecular flexibility index (Phi) is 8.83. The molecule has 0 bridgehead atoms. The van der Waals surface area contributed by atoms with Crippen LogP contribution >= 0.6 is 34.9 Å². The zero-order valence-corrected chi connectivity index (χ0v) is 18.9. The zero-order valence-electron chi connectivity index (χ0n) is 16.5. The molecule has 1 aromatic carbocycles. The number of aliphatic hydroxyl groups is 2. The smallest absolute Gasteiger partial charge is 0.313 e. The van der Waals surface area contributed by atoms with Crippen LogP contribution in [0.15, 0.2) is 41.8 Å². The lowest BCUT2D eigenvalue weighted by molar-refractivity contribution is -0.133. The lowest BCUT2D eigenvalue weighted by Gasteiger charge is -2.17. The second kappa shape index (κ2) is 11.3. The Hall–Kier alpha value is -1.32. The summed E-state index contributed by atoms with van der Waals surface area (Å²) in [7, 11) is 0. The molecular weight excluding hydrogens is 440 g/mol. The number of carbonyl (C=O) groups is 2. The predicted molar refractivity (Wildman–Crippen MR) is 126 cm³/mol. The van der Waals surface area contributed by atoms with Crippen LogP contribution in [0.2, 0.25) is 0 Å². The van der Waals surface area contributed by atoms with Gasteiger partial charge in [0.05, 0.1) is 23.2 Å². The van der Waals surface area contributed by atoms with Gasteiger partial charge in [0.1, 0.15) is 5.78 Å². The topological polar surface area (TPSA) is 94.8 Å². The second-order valence-electron chi connectivity index (χ2n) is 7.32. The van der Waals surface area contributed by atoms with Gasteiger partial charge in [0, 0.05) is 23.5 Å². The summed E-state index contributed by atoms with van der Waals surface area (Å²) < 4.78 is 1.19. The number of aliphatic carboxylic acids is 1. The Bertz CT molecular complexity index is 894. The standard InChI is InChI=1S/C22H26O5S3/c23-15(10-14-12-30-20-5-2-1-4-16(14)20)6-7-17-18(24)11-19(25)22(17)29-9-3-8-28-13-21(26)27/h1-2,4-7,12,15,17-18,22-24H,3,8-11,13H2,(H,26,27)/b7-6+/t15?,17-,18+,22+/m0/s1. The van der Waals surface area contributed by atoms with Crippen LogP contribution < -0.4 is 0 Å². The third-order valence-corrected chi connectivity index (χ3v) is 8.52. The van der Waals surface area contributed by atoms with Gasteiger partial charge in [0.25, 0.3) is 0 Å². The van der Waals surface area contributed by atoms with Crippen molar-refractivity contribution in [2.24, 2.45) is 5.92 Å². The summed E-state index contributed by atoms with van der Waals surface area (Å²) in [5.74, 6) is 0.483. The molecular formula is C22H26O5S3. The van der Waals surface area contributed by atoms with Gasteiger partial charge >= 0.3 is 5.97 Å². The van der Waals surface area contributed by atoms with Gasteiger partial charge in [-0.25, -0.2) is 0 Å². The molecule has 0 radical (unpaired) electrons. The first-order valence-electron chi connectivity index (χ1n) is 9.89. The number of benzene rings is 1. The van der Waals surface area contributed by atoms with E-state index in [0.29, 0.717) is 6.42 Å². The number of Topliss-reactive ketones (excluding diaryl/α,β-unsaturated/α-hetero) is 1. The van der Waals surface area contributed by atoms with Gasteiger partial charge in [-0.2, -0.15) is 11.8 Å². The van der Waals surface area contributed by atoms with Crippen molar-refractivity contribution in [3.8, 4) is 0 Å². The molecule has 1 saturated carbocycles. The van der Waals surface area contributed by atoms with E-state index >= 15 is 0 Å². The Morgan fingerprint density at radius 3 is 2.90 bits per heavy atom. The van der Waals surface area contributed by atoms with Gasteiger partial charge in [-0.05, 0) is 40.3 Å². The van der Waals surface area contributed by atoms with E-state index in [4.69, 9.17) is 5.11 Å². The number of ketones is 1. The normalized spacial score (nSPS) is 22.9. The fourth-order valence-corrected chi connectivity index (χ4v) is 6.75. The van der Waals surface area contributed by atoms with Crippen LogP contribution in [-0.4, -0.2) is 61.8 Å². The molecule has 1 aliphatic carbocycles. The molecule has 1 aliphatic rings. The molecule has 4 atom stereocenters. The minimum Gasteiger partial charge on any atom is -0.481 e. The maximum atomic E-state index is 12.3. The molecule has 1 aromatic heterocycles. The number of fused-ring (bicyclic) bond motifs is 1. The van der Waals surface area contributed by atoms with Crippen LogP contribution in [0.3, 0.4) is 0 Å². The Labute approximate surface area is 188 Å². The average Bonchev–Trinajstić information content (AvgIpc) is 3.23. The summed E-state index contributed by atoms with van der Waals surface area (Å²) in [5, 5.41) is 32.4. The van der Waals surface area contributed by atoms with Crippen LogP contribution in [0, 0.1) is 5.92 Å². The largest absolute Gasteiger partial charge is 0.481 e. The minimum absolute atomic E-state index is 0.0404. The number of hydrogen-bond acceptors (Lipinski definition) is 7. The number of carboxylic acids is 1. The van der Waals surface area contributed by atoms with Crippen molar-refractivity contribution in [1.82, 2.24) is 0 Å². The second-order valence-corrected chi connectivity index (χ2v) is 10.6. The summed E-state index contributed by atoms with van der Waals surface area (Å²) in [4.78, 5) is 22.8. The van der Waals surface area contributed by atoms with Crippen LogP contribution in [0.5, 0.6) is 0 Å². The van der Waals surface area contributed by atoms with Crippen molar-refractivity contribution >= 4 is 56.7 Å². The van der Waals surface area contributed by atoms with Gasteiger partial charge in [-0.15, -0.1) is 23.1 Å². The highest BCUT2D eigenvalue weighted by atomic mass is 32.2. The maximum Gasteiger partial charge on any atom is 0.313 e. The minimum atomic E-state index is -0.819. The summed E-state index contributed by atoms with van der Waals surface area (Å²) in [6.45, 7) is 0. The van der Waals surface area contributed by atoms with Crippen molar-refractivity contribution in [2.45, 2.75) is 36.7 Å². The summed E-state index contributed by atoms with van der Waals surface area (Å²) in [6.07, 6.45) is 3.56. The van der Waals surface area contributed by atoms with Crippen LogP contribution in [0.1, 0.15) is 18.4 Å². The number of thioether (sulfide) groups is 2. The third kappa shape index (κ3) is 6.34. The summed E-state index contributed by atoms with van der Waals surface area (Å²) in [6, 6.07) is 8.11. The fourth-order valence-electron chi connectivity index (χ4n) is 3.58. The fraction of sp³-hybridized carbons (Fsp3) is 0.455. The zero-order chi connectivity index (χ0) is 21.5. The van der Waals surface area contributed by atoms with E-state index < -0.39 is 18.2 Å². The highest BCUT2D eigenvalue weighted by molar-refractivity contribution is 8.01. The van der Waals surface area contributed by atoms with Gasteiger partial charge < -0.3 is 15.3 Å². The predicted octanol–water partition coefficient (Wildman–Crippen LogP) is 3.62. The average molecular weight is 467 g/mol. The van der Waals surface area contributed by atoms with Crippen LogP contribution in [0.4, 0.5) is 0 Å². The van der Waals surface area contributed by atoms with Crippen molar-refractivity contribution in [1.29, 1.82) is 0 Å². The number of aliphatic hydroxyl groups excluding tert-OH is 2. The molecule has 2 aromatic rings. The van der Waals surface area contributed by atoms with E-state index in [-0.39, 0.29) is 29.1 Å². The Morgan fingerprint density at radius 1 is 1.30 bits per heavy atom. The molecule has 0 saturated heterocycles. The molecule has 162 valence electrons. The van der Waals surface area contributed by atoms with Crippen LogP contribution in [-0.2, 0) is 16.0 Å². The molecule has 0 aliphatic heterocycles. The van der Waals surface area contributed by atoms with Crippen molar-refractivity contribution in [3.63, 3.8) is 0 Å². The monoisotopic (exact) mass is 466 g/mol. The SMILES string of the molecule is O=C(O)CSCCCS[C@H]1C(=O)C[C@@H](O)[C@@H]1/C=C/C(O)Cc1csc2ccccc12. The number of hydrogen-bond donors (Lipinski definition) is 3. The van der Waals surface area contributed by atoms with E-state index in [1.54, 1.807) is 23.5 Å². The maximum absolute atomic E-state index is 12.3. The highest BCUT2D eigenvalue weighted by Crippen LogP contribution is 2.35. The quantitative estimate of drug-likeness (QED) is 0.344. The van der Waals surface area contributed by atoms with E-state index in [2.05, 4.69) is 17.5 Å². The first-order chi connectivity index (χ1) is 14.5. The van der Waals surface area contributed by atoms with Gasteiger partial charge in [-0.3, -0.25) is 9.59 Å². The molecule has 8 heteroatoms. The Balaban J connectivity index is 1.52. The first kappa shape index (κ1) is 23.3. The van der Waals surface area contributed by atoms with Crippen molar-refractivity contribution in [2.75, 3.05) is 17.3 Å². The van der Waals surface area contributed by atoms with Crippen molar-refractivity contribution in [3.05, 3.63) is 47.4 Å². The van der Waals surface area contributed by atoms with Crippen molar-refractivity contribution < 1.29 is 24.9 Å². The van der Waals surface area contributed by atoms with E-state index in [9.17, 15) is 19.8 Å². The molecule has 1 fully saturated rings. The molecule has 5 nitrogen and oxygen atoms in total. The molecule has 30 heavy (non-hydrogen) atoms. The summed E-state index contributed by atoms with van der Waals surface area (Å²) >= 11 is 4.55. The number of rotatable bonds is 11. The molecule has 3 N–H and O–H groups in total. The van der Waals surface area contributed by atoms with E-state index in [1.165, 1.54) is 28.2 Å². The van der Waals surface area contributed by atoms with Gasteiger partial charge in [0.2, 0.25) is 0 Å². The molecule has 0 amide bonds.